The van der Waals surface area contributed by atoms with Crippen molar-refractivity contribution in [2.45, 2.75) is 84.4 Å². The molecule has 0 aliphatic carbocycles. The number of nitriles is 1. The van der Waals surface area contributed by atoms with E-state index in [0.717, 1.165) is 18.4 Å². The number of halogens is 2. The van der Waals surface area contributed by atoms with Gasteiger partial charge in [-0.2, -0.15) is 10.4 Å². The first-order valence-corrected chi connectivity index (χ1v) is 19.2. The van der Waals surface area contributed by atoms with Crippen LogP contribution in [0.3, 0.4) is 0 Å². The third-order valence-electron chi connectivity index (χ3n) is 10.3. The van der Waals surface area contributed by atoms with Gasteiger partial charge in [-0.15, -0.1) is 0 Å². The molecular formula is C44H48F2N8O4. The molecule has 3 N–H and O–H groups in total. The topological polar surface area (TPSA) is 161 Å². The zero-order valence-electron chi connectivity index (χ0n) is 33.8. The number of benzene rings is 2. The van der Waals surface area contributed by atoms with Gasteiger partial charge in [-0.25, -0.2) is 18.6 Å². The van der Waals surface area contributed by atoms with Gasteiger partial charge in [0.05, 0.1) is 17.8 Å². The molecule has 2 amide bonds. The molecule has 0 bridgehead atoms. The van der Waals surface area contributed by atoms with Crippen molar-refractivity contribution in [3.05, 3.63) is 112 Å². The van der Waals surface area contributed by atoms with Crippen molar-refractivity contribution >= 4 is 17.8 Å². The van der Waals surface area contributed by atoms with Crippen molar-refractivity contribution in [1.82, 2.24) is 29.5 Å². The number of nitrogens with zero attached hydrogens (tertiary/aromatic N) is 6. The van der Waals surface area contributed by atoms with Gasteiger partial charge in [0.15, 0.2) is 0 Å². The lowest BCUT2D eigenvalue weighted by Gasteiger charge is -2.33. The molecule has 0 spiro atoms. The average Bonchev–Trinajstić information content (AvgIpc) is 3.67. The Morgan fingerprint density at radius 1 is 0.966 bits per heavy atom. The normalized spacial score (nSPS) is 13.7. The highest BCUT2D eigenvalue weighted by atomic mass is 19.1. The summed E-state index contributed by atoms with van der Waals surface area (Å²) in [5.74, 6) is -1.55. The van der Waals surface area contributed by atoms with Crippen LogP contribution in [0.5, 0.6) is 0 Å². The Labute approximate surface area is 336 Å². The molecule has 0 unspecified atom stereocenters. The van der Waals surface area contributed by atoms with E-state index in [0.29, 0.717) is 35.3 Å². The number of amides is 2. The summed E-state index contributed by atoms with van der Waals surface area (Å²) in [6.07, 6.45) is 7.75. The summed E-state index contributed by atoms with van der Waals surface area (Å²) in [5, 5.41) is 17.4. The molecule has 4 heterocycles. The van der Waals surface area contributed by atoms with Gasteiger partial charge in [0.2, 0.25) is 5.43 Å². The molecule has 5 aromatic rings. The molecule has 14 heteroatoms. The third kappa shape index (κ3) is 8.78. The summed E-state index contributed by atoms with van der Waals surface area (Å²) >= 11 is 0. The minimum absolute atomic E-state index is 0.00450. The summed E-state index contributed by atoms with van der Waals surface area (Å²) in [4.78, 5) is 46.0. The predicted octanol–water partition coefficient (Wildman–Crippen LogP) is 8.03. The summed E-state index contributed by atoms with van der Waals surface area (Å²) in [7, 11) is 0. The Morgan fingerprint density at radius 2 is 1.66 bits per heavy atom. The fourth-order valence-electron chi connectivity index (χ4n) is 7.03. The molecule has 302 valence electrons. The smallest absolute Gasteiger partial charge is 0.410 e. The lowest BCUT2D eigenvalue weighted by atomic mass is 9.83. The second-order valence-corrected chi connectivity index (χ2v) is 16.5. The van der Waals surface area contributed by atoms with Crippen LogP contribution in [0, 0.1) is 23.0 Å². The van der Waals surface area contributed by atoms with E-state index in [9.17, 15) is 24.0 Å². The molecule has 1 aliphatic rings. The summed E-state index contributed by atoms with van der Waals surface area (Å²) in [6, 6.07) is 13.6. The average molecular weight is 791 g/mol. The minimum Gasteiger partial charge on any atom is -0.444 e. The number of ether oxygens (including phenoxy) is 1. The standard InChI is InChI=1S/C44H48F2N8O4/c1-26(2)53-24-35(39(55)38(37(53)20-47)27-8-11-31(45)12-9-27)41(56)50-25-44(6,7)30-10-13-33(36(46)19-30)34-18-28(21-49-40(34)48)29-22-51-54(23-29)32-14-16-52(17-15-32)42(57)58-43(3,4)5/h8-13,18-19,21-24,26,32H,14-17,25H2,1-7H3,(H2,48,49)(H,50,56). The van der Waals surface area contributed by atoms with Gasteiger partial charge in [-0.1, -0.05) is 38.1 Å². The maximum atomic E-state index is 16.0. The molecule has 0 saturated carbocycles. The number of carbonyl (C=O) groups is 2. The van der Waals surface area contributed by atoms with Gasteiger partial charge in [-0.3, -0.25) is 14.3 Å². The second kappa shape index (κ2) is 16.2. The van der Waals surface area contributed by atoms with Crippen LogP contribution < -0.4 is 16.5 Å². The SMILES string of the molecule is CC(C)n1cc(C(=O)NCC(C)(C)c2ccc(-c3cc(-c4cnn(C5CCN(C(=O)OC(C)(C)C)CC5)c4)cnc3N)c(F)c2)c(=O)c(-c2ccc(F)cc2)c1C#N. The van der Waals surface area contributed by atoms with Crippen molar-refractivity contribution in [3.63, 3.8) is 0 Å². The summed E-state index contributed by atoms with van der Waals surface area (Å²) in [5.41, 5.74) is 7.20. The number of nitrogen functional groups attached to an aromatic ring is 1. The molecule has 12 nitrogen and oxygen atoms in total. The summed E-state index contributed by atoms with van der Waals surface area (Å²) in [6.45, 7) is 14.0. The number of carbonyl (C=O) groups excluding carboxylic acids is 2. The number of nitrogens with two attached hydrogens (primary N) is 1. The Balaban J connectivity index is 1.18. The monoisotopic (exact) mass is 790 g/mol. The number of hydrogen-bond acceptors (Lipinski definition) is 8. The molecule has 3 aromatic heterocycles. The number of piperidine rings is 1. The van der Waals surface area contributed by atoms with Crippen molar-refractivity contribution < 1.29 is 23.1 Å². The highest BCUT2D eigenvalue weighted by molar-refractivity contribution is 5.95. The predicted molar refractivity (Wildman–Crippen MR) is 218 cm³/mol. The number of rotatable bonds is 9. The van der Waals surface area contributed by atoms with E-state index < -0.39 is 34.0 Å². The third-order valence-corrected chi connectivity index (χ3v) is 10.3. The van der Waals surface area contributed by atoms with Crippen molar-refractivity contribution in [2.24, 2.45) is 0 Å². The second-order valence-electron chi connectivity index (χ2n) is 16.5. The Bertz CT molecular complexity index is 2450. The van der Waals surface area contributed by atoms with Gasteiger partial charge in [0.1, 0.15) is 40.4 Å². The molecule has 58 heavy (non-hydrogen) atoms. The highest BCUT2D eigenvalue weighted by Gasteiger charge is 2.29. The van der Waals surface area contributed by atoms with Gasteiger partial charge < -0.3 is 25.3 Å². The van der Waals surface area contributed by atoms with E-state index >= 15 is 4.39 Å². The van der Waals surface area contributed by atoms with E-state index in [1.165, 1.54) is 36.5 Å². The fourth-order valence-corrected chi connectivity index (χ4v) is 7.03. The lowest BCUT2D eigenvalue weighted by Crippen LogP contribution is -2.42. The molecule has 1 saturated heterocycles. The van der Waals surface area contributed by atoms with Crippen LogP contribution in [-0.2, 0) is 10.2 Å². The van der Waals surface area contributed by atoms with Crippen LogP contribution in [0.1, 0.15) is 95.0 Å². The van der Waals surface area contributed by atoms with Crippen LogP contribution in [-0.4, -0.2) is 61.5 Å². The number of aromatic nitrogens is 4. The van der Waals surface area contributed by atoms with E-state index in [1.807, 2.05) is 59.3 Å². The Morgan fingerprint density at radius 3 is 2.28 bits per heavy atom. The lowest BCUT2D eigenvalue weighted by molar-refractivity contribution is 0.0184. The van der Waals surface area contributed by atoms with Gasteiger partial charge >= 0.3 is 6.09 Å². The Kier molecular flexibility index (Phi) is 11.6. The van der Waals surface area contributed by atoms with Crippen LogP contribution in [0.25, 0.3) is 33.4 Å². The van der Waals surface area contributed by atoms with E-state index in [1.54, 1.807) is 40.1 Å². The van der Waals surface area contributed by atoms with Gasteiger partial charge in [0.25, 0.3) is 5.91 Å². The van der Waals surface area contributed by atoms with E-state index in [4.69, 9.17) is 10.5 Å². The first-order chi connectivity index (χ1) is 27.4. The number of hydrogen-bond donors (Lipinski definition) is 2. The fraction of sp³-hybridized carbons (Fsp3) is 0.364. The molecule has 6 rings (SSSR count). The Hall–Kier alpha value is -6.36. The quantitative estimate of drug-likeness (QED) is 0.152. The molecule has 0 radical (unpaired) electrons. The number of anilines is 1. The van der Waals surface area contributed by atoms with Crippen molar-refractivity contribution in [1.29, 1.82) is 5.26 Å². The van der Waals surface area contributed by atoms with Crippen LogP contribution in [0.2, 0.25) is 0 Å². The first-order valence-electron chi connectivity index (χ1n) is 19.2. The highest BCUT2D eigenvalue weighted by Crippen LogP contribution is 2.35. The molecular weight excluding hydrogens is 743 g/mol. The largest absolute Gasteiger partial charge is 0.444 e. The van der Waals surface area contributed by atoms with Crippen LogP contribution in [0.15, 0.2) is 78.1 Å². The van der Waals surface area contributed by atoms with Crippen LogP contribution >= 0.6 is 0 Å². The van der Waals surface area contributed by atoms with Crippen molar-refractivity contribution in [3.8, 4) is 39.4 Å². The maximum absolute atomic E-state index is 16.0. The van der Waals surface area contributed by atoms with Gasteiger partial charge in [-0.05, 0) is 82.9 Å². The van der Waals surface area contributed by atoms with Gasteiger partial charge in [0, 0.05) is 71.9 Å². The number of pyridine rings is 2. The van der Waals surface area contributed by atoms with E-state index in [2.05, 4.69) is 21.5 Å². The molecule has 0 atom stereocenters. The number of nitrogens with one attached hydrogen (secondary N) is 1. The zero-order chi connectivity index (χ0) is 42.1. The number of likely N-dealkylation sites (tertiary alicyclic amines) is 1. The minimum atomic E-state index is -0.790. The molecule has 1 fully saturated rings. The molecule has 1 aliphatic heterocycles. The van der Waals surface area contributed by atoms with Crippen molar-refractivity contribution in [2.75, 3.05) is 25.4 Å². The maximum Gasteiger partial charge on any atom is 0.410 e. The van der Waals surface area contributed by atoms with E-state index in [-0.39, 0.29) is 52.9 Å². The first kappa shape index (κ1) is 41.3. The summed E-state index contributed by atoms with van der Waals surface area (Å²) < 4.78 is 38.7. The zero-order valence-corrected chi connectivity index (χ0v) is 33.8. The molecule has 2 aromatic carbocycles. The van der Waals surface area contributed by atoms with Crippen LogP contribution in [0.4, 0.5) is 19.4 Å².